The van der Waals surface area contributed by atoms with E-state index in [1.54, 1.807) is 42.5 Å². The molecule has 4 aromatic rings. The van der Waals surface area contributed by atoms with Crippen molar-refractivity contribution < 1.29 is 27.5 Å². The van der Waals surface area contributed by atoms with Crippen LogP contribution in [0.15, 0.2) is 102 Å². The SMILES string of the molecule is CCCNC(=O)[C@@H](Cc1ccccc1)N(Cc1ccc(Cl)c(Cl)c1)C(=O)CN(c1ccc(OC)c(OC)c1)S(=O)(=O)c1ccccc1. The summed E-state index contributed by atoms with van der Waals surface area (Å²) < 4.78 is 40.2. The van der Waals surface area contributed by atoms with Crippen molar-refractivity contribution in [1.29, 1.82) is 0 Å². The normalized spacial score (nSPS) is 11.8. The van der Waals surface area contributed by atoms with E-state index in [4.69, 9.17) is 32.7 Å². The van der Waals surface area contributed by atoms with Crippen molar-refractivity contribution in [3.05, 3.63) is 118 Å². The third-order valence-corrected chi connectivity index (χ3v) is 9.95. The van der Waals surface area contributed by atoms with E-state index in [0.29, 0.717) is 29.3 Å². The fourth-order valence-corrected chi connectivity index (χ4v) is 6.73. The second-order valence-corrected chi connectivity index (χ2v) is 13.3. The zero-order chi connectivity index (χ0) is 34.0. The Morgan fingerprint density at radius 1 is 0.809 bits per heavy atom. The van der Waals surface area contributed by atoms with Gasteiger partial charge in [-0.3, -0.25) is 13.9 Å². The first kappa shape index (κ1) is 35.6. The summed E-state index contributed by atoms with van der Waals surface area (Å²) in [4.78, 5) is 29.7. The number of nitrogens with one attached hydrogen (secondary N) is 1. The predicted octanol–water partition coefficient (Wildman–Crippen LogP) is 6.37. The van der Waals surface area contributed by atoms with Gasteiger partial charge in [0.15, 0.2) is 11.5 Å². The van der Waals surface area contributed by atoms with E-state index in [0.717, 1.165) is 9.87 Å². The maximum atomic E-state index is 14.6. The number of sulfonamides is 1. The fourth-order valence-electron chi connectivity index (χ4n) is 4.98. The lowest BCUT2D eigenvalue weighted by Gasteiger charge is -2.34. The molecular weight excluding hydrogens is 661 g/mol. The molecule has 0 aromatic heterocycles. The Kier molecular flexibility index (Phi) is 12.5. The number of carbonyl (C=O) groups is 2. The molecule has 1 atom stereocenters. The van der Waals surface area contributed by atoms with E-state index in [-0.39, 0.29) is 40.2 Å². The van der Waals surface area contributed by atoms with Gasteiger partial charge in [-0.2, -0.15) is 0 Å². The van der Waals surface area contributed by atoms with E-state index in [2.05, 4.69) is 5.32 Å². The van der Waals surface area contributed by atoms with Gasteiger partial charge in [-0.25, -0.2) is 8.42 Å². The first-order valence-corrected chi connectivity index (χ1v) is 17.1. The van der Waals surface area contributed by atoms with E-state index in [1.165, 1.54) is 43.4 Å². The molecule has 0 radical (unpaired) electrons. The molecule has 0 aliphatic carbocycles. The minimum atomic E-state index is -4.28. The van der Waals surface area contributed by atoms with Crippen LogP contribution in [0.2, 0.25) is 10.0 Å². The van der Waals surface area contributed by atoms with Crippen LogP contribution in [-0.4, -0.2) is 58.5 Å². The van der Waals surface area contributed by atoms with Gasteiger partial charge in [-0.05, 0) is 53.9 Å². The Labute approximate surface area is 286 Å². The van der Waals surface area contributed by atoms with Crippen molar-refractivity contribution in [2.45, 2.75) is 37.2 Å². The molecule has 0 unspecified atom stereocenters. The molecule has 1 N–H and O–H groups in total. The van der Waals surface area contributed by atoms with Crippen LogP contribution < -0.4 is 19.1 Å². The Bertz CT molecular complexity index is 1780. The lowest BCUT2D eigenvalue weighted by Crippen LogP contribution is -2.53. The largest absolute Gasteiger partial charge is 0.493 e. The molecule has 0 saturated carbocycles. The van der Waals surface area contributed by atoms with E-state index in [9.17, 15) is 18.0 Å². The molecule has 4 aromatic carbocycles. The highest BCUT2D eigenvalue weighted by Gasteiger charge is 2.35. The summed E-state index contributed by atoms with van der Waals surface area (Å²) in [6, 6.07) is 25.7. The molecular formula is C35H37Cl2N3O6S. The van der Waals surface area contributed by atoms with Gasteiger partial charge in [0, 0.05) is 25.6 Å². The highest BCUT2D eigenvalue weighted by molar-refractivity contribution is 7.92. The van der Waals surface area contributed by atoms with Crippen molar-refractivity contribution in [2.75, 3.05) is 31.6 Å². The van der Waals surface area contributed by atoms with Gasteiger partial charge in [-0.1, -0.05) is 84.7 Å². The minimum absolute atomic E-state index is 0.0138. The highest BCUT2D eigenvalue weighted by atomic mass is 35.5. The van der Waals surface area contributed by atoms with Crippen molar-refractivity contribution in [1.82, 2.24) is 10.2 Å². The Balaban J connectivity index is 1.84. The third-order valence-electron chi connectivity index (χ3n) is 7.42. The number of halogens is 2. The molecule has 0 spiro atoms. The standard InChI is InChI=1S/C35H37Cl2N3O6S/c1-4-19-38-35(42)31(21-25-11-7-5-8-12-25)39(23-26-15-17-29(36)30(37)20-26)34(41)24-40(47(43,44)28-13-9-6-10-14-28)27-16-18-32(45-2)33(22-27)46-3/h5-18,20,22,31H,4,19,21,23-24H2,1-3H3,(H,38,42)/t31-/m1/s1. The summed E-state index contributed by atoms with van der Waals surface area (Å²) in [7, 11) is -1.38. The number of benzene rings is 4. The van der Waals surface area contributed by atoms with Crippen molar-refractivity contribution in [3.63, 3.8) is 0 Å². The van der Waals surface area contributed by atoms with Crippen molar-refractivity contribution >= 4 is 50.7 Å². The van der Waals surface area contributed by atoms with Crippen LogP contribution in [0.25, 0.3) is 0 Å². The van der Waals surface area contributed by atoms with Crippen LogP contribution >= 0.6 is 23.2 Å². The molecule has 2 amide bonds. The van der Waals surface area contributed by atoms with Gasteiger partial charge in [0.05, 0.1) is 34.8 Å². The molecule has 0 fully saturated rings. The van der Waals surface area contributed by atoms with Crippen molar-refractivity contribution in [2.24, 2.45) is 0 Å². The number of rotatable bonds is 15. The van der Waals surface area contributed by atoms with Gasteiger partial charge in [-0.15, -0.1) is 0 Å². The summed E-state index contributed by atoms with van der Waals surface area (Å²) in [5, 5.41) is 3.54. The van der Waals surface area contributed by atoms with Gasteiger partial charge in [0.25, 0.3) is 10.0 Å². The number of hydrogen-bond donors (Lipinski definition) is 1. The maximum Gasteiger partial charge on any atom is 0.264 e. The van der Waals surface area contributed by atoms with Crippen LogP contribution in [0, 0.1) is 0 Å². The average Bonchev–Trinajstić information content (AvgIpc) is 3.09. The number of hydrogen-bond acceptors (Lipinski definition) is 6. The fraction of sp³-hybridized carbons (Fsp3) is 0.257. The molecule has 4 rings (SSSR count). The zero-order valence-corrected chi connectivity index (χ0v) is 28.7. The summed E-state index contributed by atoms with van der Waals surface area (Å²) in [5.74, 6) is -0.318. The lowest BCUT2D eigenvalue weighted by atomic mass is 10.0. The Morgan fingerprint density at radius 3 is 2.09 bits per heavy atom. The van der Waals surface area contributed by atoms with E-state index in [1.807, 2.05) is 37.3 Å². The molecule has 0 saturated heterocycles. The van der Waals surface area contributed by atoms with Crippen LogP contribution in [0.4, 0.5) is 5.69 Å². The number of amides is 2. The first-order valence-electron chi connectivity index (χ1n) is 14.9. The van der Waals surface area contributed by atoms with Crippen molar-refractivity contribution in [3.8, 4) is 11.5 Å². The first-order chi connectivity index (χ1) is 22.6. The zero-order valence-electron chi connectivity index (χ0n) is 26.4. The Morgan fingerprint density at radius 2 is 1.47 bits per heavy atom. The number of nitrogens with zero attached hydrogens (tertiary/aromatic N) is 2. The molecule has 0 heterocycles. The van der Waals surface area contributed by atoms with Gasteiger partial charge in [0.2, 0.25) is 11.8 Å². The summed E-state index contributed by atoms with van der Waals surface area (Å²) in [6.07, 6.45) is 0.873. The van der Waals surface area contributed by atoms with E-state index >= 15 is 0 Å². The molecule has 0 bridgehead atoms. The highest BCUT2D eigenvalue weighted by Crippen LogP contribution is 2.34. The van der Waals surface area contributed by atoms with Crippen LogP contribution in [0.1, 0.15) is 24.5 Å². The monoisotopic (exact) mass is 697 g/mol. The molecule has 0 aliphatic heterocycles. The number of methoxy groups -OCH3 is 2. The molecule has 9 nitrogen and oxygen atoms in total. The van der Waals surface area contributed by atoms with Crippen LogP contribution in [-0.2, 0) is 32.6 Å². The number of carbonyl (C=O) groups excluding carboxylic acids is 2. The molecule has 47 heavy (non-hydrogen) atoms. The number of anilines is 1. The third kappa shape index (κ3) is 8.97. The molecule has 0 aliphatic rings. The minimum Gasteiger partial charge on any atom is -0.493 e. The Hall–Kier alpha value is -4.25. The van der Waals surface area contributed by atoms with Gasteiger partial charge >= 0.3 is 0 Å². The van der Waals surface area contributed by atoms with Crippen LogP contribution in [0.3, 0.4) is 0 Å². The smallest absolute Gasteiger partial charge is 0.264 e. The molecule has 12 heteroatoms. The topological polar surface area (TPSA) is 105 Å². The maximum absolute atomic E-state index is 14.6. The summed E-state index contributed by atoms with van der Waals surface area (Å²) in [5.41, 5.74) is 1.60. The lowest BCUT2D eigenvalue weighted by molar-refractivity contribution is -0.140. The second-order valence-electron chi connectivity index (χ2n) is 10.6. The second kappa shape index (κ2) is 16.5. The summed E-state index contributed by atoms with van der Waals surface area (Å²) in [6.45, 7) is 1.66. The summed E-state index contributed by atoms with van der Waals surface area (Å²) >= 11 is 12.5. The van der Waals surface area contributed by atoms with Crippen LogP contribution in [0.5, 0.6) is 11.5 Å². The average molecular weight is 699 g/mol. The quantitative estimate of drug-likeness (QED) is 0.155. The van der Waals surface area contributed by atoms with Gasteiger partial charge in [0.1, 0.15) is 12.6 Å². The predicted molar refractivity (Wildman–Crippen MR) is 185 cm³/mol. The molecule has 248 valence electrons. The van der Waals surface area contributed by atoms with E-state index < -0.39 is 28.5 Å². The number of ether oxygens (including phenoxy) is 2. The van der Waals surface area contributed by atoms with Gasteiger partial charge < -0.3 is 19.7 Å².